The number of benzene rings is 1. The van der Waals surface area contributed by atoms with Gasteiger partial charge in [0, 0.05) is 19.5 Å². The third-order valence-corrected chi connectivity index (χ3v) is 4.01. The van der Waals surface area contributed by atoms with Gasteiger partial charge in [0.05, 0.1) is 35.3 Å². The van der Waals surface area contributed by atoms with Crippen LogP contribution in [0.2, 0.25) is 0 Å². The lowest BCUT2D eigenvalue weighted by Crippen LogP contribution is -2.29. The first kappa shape index (κ1) is 17.0. The molecular formula is C16H16F3N5O. The van der Waals surface area contributed by atoms with Gasteiger partial charge in [-0.15, -0.1) is 0 Å². The zero-order valence-electron chi connectivity index (χ0n) is 13.8. The van der Waals surface area contributed by atoms with Gasteiger partial charge < -0.3 is 9.88 Å². The van der Waals surface area contributed by atoms with Gasteiger partial charge in [-0.05, 0) is 25.1 Å². The number of hydrogen-bond donors (Lipinski definition) is 1. The Morgan fingerprint density at radius 2 is 2.00 bits per heavy atom. The maximum Gasteiger partial charge on any atom is 0.416 e. The second-order valence-electron chi connectivity index (χ2n) is 5.90. The molecule has 0 spiro atoms. The number of aromatic amines is 1. The Balaban J connectivity index is 2.37. The number of nitrogens with one attached hydrogen (secondary N) is 1. The van der Waals surface area contributed by atoms with Crippen LogP contribution < -0.4 is 10.6 Å². The van der Waals surface area contributed by atoms with Crippen LogP contribution in [0.4, 0.5) is 19.0 Å². The van der Waals surface area contributed by atoms with Gasteiger partial charge in [0.15, 0.2) is 0 Å². The Hall–Kier alpha value is -2.84. The molecule has 0 saturated heterocycles. The van der Waals surface area contributed by atoms with Crippen LogP contribution in [0.1, 0.15) is 24.2 Å². The van der Waals surface area contributed by atoms with Gasteiger partial charge in [-0.25, -0.2) is 9.78 Å². The molecule has 2 heterocycles. The molecular weight excluding hydrogens is 335 g/mol. The van der Waals surface area contributed by atoms with Crippen molar-refractivity contribution in [2.24, 2.45) is 0 Å². The minimum absolute atomic E-state index is 0.167. The number of aromatic nitrogens is 4. The molecule has 3 aromatic rings. The average Bonchev–Trinajstić information content (AvgIpc) is 3.06. The van der Waals surface area contributed by atoms with E-state index in [0.717, 1.165) is 12.1 Å². The monoisotopic (exact) mass is 351 g/mol. The molecule has 2 aromatic heterocycles. The number of halogens is 3. The summed E-state index contributed by atoms with van der Waals surface area (Å²) in [4.78, 5) is 25.0. The fourth-order valence-corrected chi connectivity index (χ4v) is 2.75. The van der Waals surface area contributed by atoms with Crippen molar-refractivity contribution in [1.82, 2.24) is 19.5 Å². The molecule has 1 atom stereocenters. The normalized spacial score (nSPS) is 13.2. The number of hydrogen-bond acceptors (Lipinski definition) is 4. The molecule has 0 aliphatic heterocycles. The molecule has 6 nitrogen and oxygen atoms in total. The Morgan fingerprint density at radius 3 is 2.56 bits per heavy atom. The minimum Gasteiger partial charge on any atom is -0.362 e. The Kier molecular flexibility index (Phi) is 4.02. The van der Waals surface area contributed by atoms with Crippen molar-refractivity contribution < 1.29 is 13.2 Å². The van der Waals surface area contributed by atoms with Gasteiger partial charge in [0.1, 0.15) is 5.82 Å². The van der Waals surface area contributed by atoms with E-state index in [0.29, 0.717) is 16.9 Å². The summed E-state index contributed by atoms with van der Waals surface area (Å²) in [5, 5.41) is 0.462. The summed E-state index contributed by atoms with van der Waals surface area (Å²) in [6.07, 6.45) is -1.54. The van der Waals surface area contributed by atoms with Crippen LogP contribution in [0.5, 0.6) is 0 Å². The molecule has 132 valence electrons. The largest absolute Gasteiger partial charge is 0.416 e. The van der Waals surface area contributed by atoms with Crippen molar-refractivity contribution in [1.29, 1.82) is 0 Å². The highest BCUT2D eigenvalue weighted by molar-refractivity contribution is 5.90. The third-order valence-electron chi connectivity index (χ3n) is 4.01. The first-order valence-electron chi connectivity index (χ1n) is 7.49. The highest BCUT2D eigenvalue weighted by Gasteiger charge is 2.31. The van der Waals surface area contributed by atoms with Crippen molar-refractivity contribution in [3.05, 3.63) is 52.5 Å². The fourth-order valence-electron chi connectivity index (χ4n) is 2.75. The van der Waals surface area contributed by atoms with E-state index in [9.17, 15) is 18.0 Å². The fraction of sp³-hybridized carbons (Fsp3) is 0.312. The van der Waals surface area contributed by atoms with Crippen LogP contribution in [0.15, 0.2) is 35.5 Å². The first-order valence-corrected chi connectivity index (χ1v) is 7.49. The number of H-pyrrole nitrogens is 1. The smallest absolute Gasteiger partial charge is 0.362 e. The molecule has 1 aromatic carbocycles. The van der Waals surface area contributed by atoms with Gasteiger partial charge >= 0.3 is 11.9 Å². The third kappa shape index (κ3) is 2.97. The Morgan fingerprint density at radius 1 is 1.28 bits per heavy atom. The van der Waals surface area contributed by atoms with E-state index in [1.54, 1.807) is 25.9 Å². The second kappa shape index (κ2) is 5.91. The SMILES string of the molecule is C[C@@H](c1cnc[nH]1)n1c(=O)nc(N(C)C)c2ccc(C(F)(F)F)cc21. The van der Waals surface area contributed by atoms with Crippen molar-refractivity contribution in [2.75, 3.05) is 19.0 Å². The molecule has 0 radical (unpaired) electrons. The topological polar surface area (TPSA) is 66.8 Å². The summed E-state index contributed by atoms with van der Waals surface area (Å²) in [5.74, 6) is 0.321. The number of alkyl halides is 3. The molecule has 0 amide bonds. The van der Waals surface area contributed by atoms with E-state index in [2.05, 4.69) is 15.0 Å². The summed E-state index contributed by atoms with van der Waals surface area (Å²) in [7, 11) is 3.36. The van der Waals surface area contributed by atoms with E-state index >= 15 is 0 Å². The maximum atomic E-state index is 13.2. The number of fused-ring (bicyclic) bond motifs is 1. The standard InChI is InChI=1S/C16H16F3N5O/c1-9(12-7-20-8-21-12)24-13-6-10(16(17,18)19)4-5-11(13)14(23(2)3)22-15(24)25/h4-9H,1-3H3,(H,20,21)/t9-/m0/s1. The van der Waals surface area contributed by atoms with Gasteiger partial charge in [0.25, 0.3) is 0 Å². The van der Waals surface area contributed by atoms with Crippen molar-refractivity contribution in [3.63, 3.8) is 0 Å². The Bertz CT molecular complexity index is 960. The van der Waals surface area contributed by atoms with Gasteiger partial charge in [-0.1, -0.05) is 0 Å². The van der Waals surface area contributed by atoms with Gasteiger partial charge in [-0.2, -0.15) is 18.2 Å². The van der Waals surface area contributed by atoms with E-state index in [1.807, 2.05) is 0 Å². The van der Waals surface area contributed by atoms with Crippen LogP contribution in [0, 0.1) is 0 Å². The van der Waals surface area contributed by atoms with E-state index < -0.39 is 23.5 Å². The number of imidazole rings is 1. The lowest BCUT2D eigenvalue weighted by molar-refractivity contribution is -0.137. The van der Waals surface area contributed by atoms with Crippen molar-refractivity contribution >= 4 is 16.7 Å². The molecule has 0 aliphatic rings. The zero-order valence-corrected chi connectivity index (χ0v) is 13.8. The van der Waals surface area contributed by atoms with E-state index in [4.69, 9.17) is 0 Å². The van der Waals surface area contributed by atoms with Crippen LogP contribution in [-0.4, -0.2) is 33.6 Å². The summed E-state index contributed by atoms with van der Waals surface area (Å²) < 4.78 is 40.7. The first-order chi connectivity index (χ1) is 11.7. The quantitative estimate of drug-likeness (QED) is 0.788. The number of rotatable bonds is 3. The molecule has 1 N–H and O–H groups in total. The summed E-state index contributed by atoms with van der Waals surface area (Å²) >= 11 is 0. The average molecular weight is 351 g/mol. The molecule has 0 bridgehead atoms. The predicted octanol–water partition coefficient (Wildman–Crippen LogP) is 2.81. The summed E-state index contributed by atoms with van der Waals surface area (Å²) in [5.41, 5.74) is -0.681. The van der Waals surface area contributed by atoms with Gasteiger partial charge in [0.2, 0.25) is 0 Å². The van der Waals surface area contributed by atoms with Crippen LogP contribution >= 0.6 is 0 Å². The van der Waals surface area contributed by atoms with Crippen molar-refractivity contribution in [3.8, 4) is 0 Å². The molecule has 9 heteroatoms. The summed E-state index contributed by atoms with van der Waals surface area (Å²) in [6, 6.07) is 2.77. The lowest BCUT2D eigenvalue weighted by atomic mass is 10.1. The molecule has 0 saturated carbocycles. The predicted molar refractivity (Wildman–Crippen MR) is 87.7 cm³/mol. The summed E-state index contributed by atoms with van der Waals surface area (Å²) in [6.45, 7) is 1.70. The van der Waals surface area contributed by atoms with Crippen LogP contribution in [0.25, 0.3) is 10.9 Å². The van der Waals surface area contributed by atoms with Gasteiger partial charge in [-0.3, -0.25) is 4.57 Å². The second-order valence-corrected chi connectivity index (χ2v) is 5.90. The minimum atomic E-state index is -4.51. The van der Waals surface area contributed by atoms with E-state index in [1.165, 1.54) is 23.2 Å². The Labute approximate surface area is 140 Å². The highest BCUT2D eigenvalue weighted by atomic mass is 19.4. The number of nitrogens with zero attached hydrogens (tertiary/aromatic N) is 4. The molecule has 0 unspecified atom stereocenters. The lowest BCUT2D eigenvalue weighted by Gasteiger charge is -2.21. The zero-order chi connectivity index (χ0) is 18.4. The highest BCUT2D eigenvalue weighted by Crippen LogP contribution is 2.33. The molecule has 25 heavy (non-hydrogen) atoms. The van der Waals surface area contributed by atoms with Crippen molar-refractivity contribution in [2.45, 2.75) is 19.1 Å². The van der Waals surface area contributed by atoms with Crippen LogP contribution in [-0.2, 0) is 6.18 Å². The molecule has 0 fully saturated rings. The molecule has 0 aliphatic carbocycles. The van der Waals surface area contributed by atoms with Crippen LogP contribution in [0.3, 0.4) is 0 Å². The molecule has 3 rings (SSSR count). The number of anilines is 1. The maximum absolute atomic E-state index is 13.2. The van der Waals surface area contributed by atoms with E-state index in [-0.39, 0.29) is 5.52 Å².